The van der Waals surface area contributed by atoms with E-state index < -0.39 is 0 Å². The highest BCUT2D eigenvalue weighted by Gasteiger charge is 2.08. The maximum absolute atomic E-state index is 13.1. The second-order valence-electron chi connectivity index (χ2n) is 4.14. The second kappa shape index (κ2) is 7.11. The van der Waals surface area contributed by atoms with Crippen molar-refractivity contribution in [1.29, 1.82) is 5.26 Å². The third kappa shape index (κ3) is 4.48. The summed E-state index contributed by atoms with van der Waals surface area (Å²) < 4.78 is 13.1. The van der Waals surface area contributed by atoms with Crippen LogP contribution in [0.5, 0.6) is 0 Å². The summed E-state index contributed by atoms with van der Waals surface area (Å²) in [7, 11) is 0. The number of nitriles is 1. The molecule has 0 radical (unpaired) electrons. The molecule has 21 heavy (non-hydrogen) atoms. The molecule has 108 valence electrons. The van der Waals surface area contributed by atoms with Crippen molar-refractivity contribution in [2.24, 2.45) is 0 Å². The van der Waals surface area contributed by atoms with E-state index in [0.29, 0.717) is 26.9 Å². The van der Waals surface area contributed by atoms with Crippen LogP contribution in [0.25, 0.3) is 0 Å². The van der Waals surface area contributed by atoms with Gasteiger partial charge < -0.3 is 11.1 Å². The van der Waals surface area contributed by atoms with Crippen LogP contribution < -0.4 is 11.1 Å². The molecule has 1 aromatic carbocycles. The second-order valence-corrected chi connectivity index (χ2v) is 6.23. The van der Waals surface area contributed by atoms with E-state index in [9.17, 15) is 9.18 Å². The average Bonchev–Trinajstić information content (AvgIpc) is 2.84. The lowest BCUT2D eigenvalue weighted by Gasteiger charge is -2.04. The molecule has 2 aromatic rings. The Hall–Kier alpha value is -2.04. The molecule has 0 fully saturated rings. The van der Waals surface area contributed by atoms with Gasteiger partial charge in [0.15, 0.2) is 0 Å². The summed E-state index contributed by atoms with van der Waals surface area (Å²) in [6.07, 6.45) is 0.268. The number of nitrogens with zero attached hydrogens (tertiary/aromatic N) is 1. The molecule has 0 spiro atoms. The number of anilines is 2. The van der Waals surface area contributed by atoms with Crippen molar-refractivity contribution < 1.29 is 9.18 Å². The monoisotopic (exact) mass is 321 g/mol. The highest BCUT2D eigenvalue weighted by atomic mass is 32.2. The molecule has 4 nitrogen and oxygen atoms in total. The Labute approximate surface area is 129 Å². The Kier molecular flexibility index (Phi) is 5.20. The molecular weight excluding hydrogens is 309 g/mol. The molecule has 0 aliphatic carbocycles. The van der Waals surface area contributed by atoms with Gasteiger partial charge in [-0.2, -0.15) is 5.26 Å². The summed E-state index contributed by atoms with van der Waals surface area (Å²) in [6, 6.07) is 7.96. The van der Waals surface area contributed by atoms with Gasteiger partial charge in [-0.15, -0.1) is 23.1 Å². The minimum atomic E-state index is -0.390. The Balaban J connectivity index is 1.83. The number of hydrogen-bond acceptors (Lipinski definition) is 5. The summed E-state index contributed by atoms with van der Waals surface area (Å²) in [5.74, 6) is -0.0628. The number of benzene rings is 1. The molecule has 2 rings (SSSR count). The molecular formula is C14H12FN3OS2. The van der Waals surface area contributed by atoms with Crippen LogP contribution in [0.3, 0.4) is 0 Å². The number of carbonyl (C=O) groups is 1. The molecule has 3 N–H and O–H groups in total. The number of nitrogens with one attached hydrogen (secondary N) is 1. The minimum absolute atomic E-state index is 0.175. The van der Waals surface area contributed by atoms with Crippen LogP contribution in [-0.4, -0.2) is 11.7 Å². The number of nitrogen functional groups attached to an aromatic ring is 1. The maximum atomic E-state index is 13.1. The lowest BCUT2D eigenvalue weighted by molar-refractivity contribution is -0.115. The first-order chi connectivity index (χ1) is 10.1. The summed E-state index contributed by atoms with van der Waals surface area (Å²) >= 11 is 2.67. The number of nitrogens with two attached hydrogens (primary N) is 1. The molecule has 0 unspecified atom stereocenters. The van der Waals surface area contributed by atoms with Crippen LogP contribution in [0.1, 0.15) is 12.0 Å². The van der Waals surface area contributed by atoms with E-state index in [1.807, 2.05) is 6.07 Å². The Morgan fingerprint density at radius 1 is 1.48 bits per heavy atom. The third-order valence-corrected chi connectivity index (χ3v) is 4.34. The number of halogens is 1. The molecule has 0 atom stereocenters. The fourth-order valence-corrected chi connectivity index (χ4v) is 3.30. The molecule has 7 heteroatoms. The number of hydrogen-bond donors (Lipinski definition) is 2. The van der Waals surface area contributed by atoms with Crippen molar-refractivity contribution in [3.63, 3.8) is 0 Å². The van der Waals surface area contributed by atoms with Crippen molar-refractivity contribution in [2.75, 3.05) is 16.8 Å². The van der Waals surface area contributed by atoms with Gasteiger partial charge in [-0.3, -0.25) is 4.79 Å². The van der Waals surface area contributed by atoms with Crippen molar-refractivity contribution in [1.82, 2.24) is 0 Å². The van der Waals surface area contributed by atoms with Gasteiger partial charge in [-0.1, -0.05) is 0 Å². The van der Waals surface area contributed by atoms with E-state index in [1.54, 1.807) is 17.5 Å². The van der Waals surface area contributed by atoms with Crippen molar-refractivity contribution >= 4 is 39.7 Å². The Bertz CT molecular complexity index is 674. The zero-order chi connectivity index (χ0) is 15.2. The normalized spacial score (nSPS) is 10.1. The van der Waals surface area contributed by atoms with Crippen molar-refractivity contribution in [2.45, 2.75) is 11.3 Å². The largest absolute Gasteiger partial charge is 0.399 e. The van der Waals surface area contributed by atoms with E-state index in [-0.39, 0.29) is 18.1 Å². The number of thioether (sulfide) groups is 1. The first-order valence-electron chi connectivity index (χ1n) is 6.05. The SMILES string of the molecule is N#Cc1ccsc1NC(=O)CCSc1cc(N)cc(F)c1. The summed E-state index contributed by atoms with van der Waals surface area (Å²) in [6.45, 7) is 0. The molecule has 1 amide bonds. The van der Waals surface area contributed by atoms with Gasteiger partial charge in [0.25, 0.3) is 0 Å². The minimum Gasteiger partial charge on any atom is -0.399 e. The molecule has 0 saturated carbocycles. The lowest BCUT2D eigenvalue weighted by Crippen LogP contribution is -2.11. The maximum Gasteiger partial charge on any atom is 0.225 e. The third-order valence-electron chi connectivity index (χ3n) is 2.53. The van der Waals surface area contributed by atoms with E-state index in [4.69, 9.17) is 11.0 Å². The zero-order valence-electron chi connectivity index (χ0n) is 10.9. The summed E-state index contributed by atoms with van der Waals surface area (Å²) in [5.41, 5.74) is 6.37. The molecule has 0 bridgehead atoms. The Morgan fingerprint density at radius 2 is 2.29 bits per heavy atom. The molecule has 0 saturated heterocycles. The first kappa shape index (κ1) is 15.4. The Morgan fingerprint density at radius 3 is 3.00 bits per heavy atom. The van der Waals surface area contributed by atoms with Gasteiger partial charge in [-0.25, -0.2) is 4.39 Å². The highest BCUT2D eigenvalue weighted by molar-refractivity contribution is 7.99. The highest BCUT2D eigenvalue weighted by Crippen LogP contribution is 2.24. The van der Waals surface area contributed by atoms with Gasteiger partial charge in [0.2, 0.25) is 5.91 Å². The fraction of sp³-hybridized carbons (Fsp3) is 0.143. The molecule has 1 heterocycles. The quantitative estimate of drug-likeness (QED) is 0.653. The van der Waals surface area contributed by atoms with Crippen LogP contribution in [0.15, 0.2) is 34.5 Å². The van der Waals surface area contributed by atoms with Crippen LogP contribution in [-0.2, 0) is 4.79 Å². The van der Waals surface area contributed by atoms with Gasteiger partial charge in [0, 0.05) is 22.8 Å². The predicted molar refractivity (Wildman–Crippen MR) is 83.8 cm³/mol. The topological polar surface area (TPSA) is 78.9 Å². The van der Waals surface area contributed by atoms with Crippen LogP contribution >= 0.6 is 23.1 Å². The first-order valence-corrected chi connectivity index (χ1v) is 7.91. The van der Waals surface area contributed by atoms with Gasteiger partial charge in [0.1, 0.15) is 16.9 Å². The average molecular weight is 321 g/mol. The van der Waals surface area contributed by atoms with E-state index in [1.165, 1.54) is 35.2 Å². The van der Waals surface area contributed by atoms with Crippen LogP contribution in [0.4, 0.5) is 15.1 Å². The standard InChI is InChI=1S/C14H12FN3OS2/c15-10-5-11(17)7-12(6-10)20-4-2-13(19)18-14-9(8-16)1-3-21-14/h1,3,5-7H,2,4,17H2,(H,18,19). The number of amides is 1. The molecule has 0 aliphatic rings. The number of rotatable bonds is 5. The van der Waals surface area contributed by atoms with E-state index in [2.05, 4.69) is 5.32 Å². The van der Waals surface area contributed by atoms with E-state index in [0.717, 1.165) is 0 Å². The van der Waals surface area contributed by atoms with Crippen LogP contribution in [0.2, 0.25) is 0 Å². The van der Waals surface area contributed by atoms with E-state index >= 15 is 0 Å². The summed E-state index contributed by atoms with van der Waals surface area (Å²) in [5, 5.41) is 13.9. The molecule has 0 aliphatic heterocycles. The van der Waals surface area contributed by atoms with Gasteiger partial charge in [-0.05, 0) is 29.6 Å². The van der Waals surface area contributed by atoms with Crippen LogP contribution in [0, 0.1) is 17.1 Å². The smallest absolute Gasteiger partial charge is 0.225 e. The summed E-state index contributed by atoms with van der Waals surface area (Å²) in [4.78, 5) is 12.5. The van der Waals surface area contributed by atoms with Crippen molar-refractivity contribution in [3.8, 4) is 6.07 Å². The predicted octanol–water partition coefficient (Wildman–Crippen LogP) is 3.46. The van der Waals surface area contributed by atoms with Gasteiger partial charge >= 0.3 is 0 Å². The molecule has 1 aromatic heterocycles. The zero-order valence-corrected chi connectivity index (χ0v) is 12.6. The fourth-order valence-electron chi connectivity index (χ4n) is 1.61. The van der Waals surface area contributed by atoms with Crippen molar-refractivity contribution in [3.05, 3.63) is 41.0 Å². The lowest BCUT2D eigenvalue weighted by atomic mass is 10.3. The number of thiophene rings is 1. The van der Waals surface area contributed by atoms with Gasteiger partial charge in [0.05, 0.1) is 5.56 Å². The number of carbonyl (C=O) groups excluding carboxylic acids is 1.